The molecule has 90 valence electrons. The lowest BCUT2D eigenvalue weighted by molar-refractivity contribution is 0.717. The molecule has 18 heavy (non-hydrogen) atoms. The quantitative estimate of drug-likeness (QED) is 0.612. The summed E-state index contributed by atoms with van der Waals surface area (Å²) >= 11 is 0. The highest BCUT2D eigenvalue weighted by Crippen LogP contribution is 2.21. The number of hydrogen-bond donors (Lipinski definition) is 0. The second-order valence-electron chi connectivity index (χ2n) is 4.27. The maximum atomic E-state index is 12.3. The van der Waals surface area contributed by atoms with Crippen LogP contribution >= 0.6 is 0 Å². The molecule has 0 N–H and O–H groups in total. The topological polar surface area (TPSA) is 47.8 Å². The van der Waals surface area contributed by atoms with Gasteiger partial charge in [-0.3, -0.25) is 14.3 Å². The van der Waals surface area contributed by atoms with Crippen LogP contribution in [-0.2, 0) is 6.54 Å². The minimum atomic E-state index is -0.0155. The number of pyridine rings is 1. The molecule has 0 aliphatic heterocycles. The smallest absolute Gasteiger partial charge is 0.263 e. The van der Waals surface area contributed by atoms with Crippen LogP contribution in [0, 0.1) is 6.92 Å². The molecule has 0 fully saturated rings. The first-order valence-corrected chi connectivity index (χ1v) is 5.97. The van der Waals surface area contributed by atoms with E-state index in [0.29, 0.717) is 11.9 Å². The number of aromatic nitrogens is 3. The summed E-state index contributed by atoms with van der Waals surface area (Å²) in [6, 6.07) is 7.77. The lowest BCUT2D eigenvalue weighted by Gasteiger charge is -2.07. The van der Waals surface area contributed by atoms with Gasteiger partial charge in [0, 0.05) is 11.9 Å². The van der Waals surface area contributed by atoms with Crippen molar-refractivity contribution in [2.45, 2.75) is 20.4 Å². The summed E-state index contributed by atoms with van der Waals surface area (Å²) in [5.74, 6) is 0. The number of para-hydroxylation sites is 1. The standard InChI is InChI=1S/C14H13N3O/c1-3-17-8-15-13-10-6-4-5-7-11(10)16-9(2)12(13)14(17)18/h4-8H,3H2,1-2H3. The molecule has 0 saturated carbocycles. The van der Waals surface area contributed by atoms with Gasteiger partial charge >= 0.3 is 0 Å². The Labute approximate surface area is 104 Å². The Kier molecular flexibility index (Phi) is 2.37. The third-order valence-electron chi connectivity index (χ3n) is 3.19. The minimum Gasteiger partial charge on any atom is -0.299 e. The van der Waals surface area contributed by atoms with E-state index >= 15 is 0 Å². The SMILES string of the molecule is CCn1cnc2c(c(C)nc3ccccc32)c1=O. The van der Waals surface area contributed by atoms with Gasteiger partial charge in [0.2, 0.25) is 0 Å². The summed E-state index contributed by atoms with van der Waals surface area (Å²) in [6.07, 6.45) is 1.61. The average molecular weight is 239 g/mol. The van der Waals surface area contributed by atoms with Crippen LogP contribution in [0.1, 0.15) is 12.6 Å². The van der Waals surface area contributed by atoms with Crippen molar-refractivity contribution in [1.29, 1.82) is 0 Å². The van der Waals surface area contributed by atoms with Crippen LogP contribution in [0.4, 0.5) is 0 Å². The summed E-state index contributed by atoms with van der Waals surface area (Å²) in [5, 5.41) is 1.55. The third kappa shape index (κ3) is 1.42. The first-order chi connectivity index (χ1) is 8.72. The summed E-state index contributed by atoms with van der Waals surface area (Å²) in [7, 11) is 0. The number of hydrogen-bond acceptors (Lipinski definition) is 3. The van der Waals surface area contributed by atoms with Crippen molar-refractivity contribution < 1.29 is 0 Å². The molecule has 0 aliphatic rings. The molecule has 0 amide bonds. The van der Waals surface area contributed by atoms with Gasteiger partial charge in [-0.15, -0.1) is 0 Å². The molecule has 4 nitrogen and oxygen atoms in total. The van der Waals surface area contributed by atoms with E-state index in [1.54, 1.807) is 10.9 Å². The van der Waals surface area contributed by atoms with Crippen LogP contribution in [0.5, 0.6) is 0 Å². The lowest BCUT2D eigenvalue weighted by Crippen LogP contribution is -2.20. The van der Waals surface area contributed by atoms with Crippen molar-refractivity contribution in [1.82, 2.24) is 14.5 Å². The Morgan fingerprint density at radius 2 is 2.06 bits per heavy atom. The van der Waals surface area contributed by atoms with E-state index < -0.39 is 0 Å². The molecule has 2 aromatic heterocycles. The molecular weight excluding hydrogens is 226 g/mol. The van der Waals surface area contributed by atoms with Crippen LogP contribution in [0.3, 0.4) is 0 Å². The molecule has 1 aromatic carbocycles. The van der Waals surface area contributed by atoms with Gasteiger partial charge in [0.25, 0.3) is 5.56 Å². The first kappa shape index (κ1) is 10.9. The molecule has 0 unspecified atom stereocenters. The zero-order valence-electron chi connectivity index (χ0n) is 10.3. The van der Waals surface area contributed by atoms with Crippen LogP contribution in [0.15, 0.2) is 35.4 Å². The molecule has 0 aliphatic carbocycles. The summed E-state index contributed by atoms with van der Waals surface area (Å²) in [6.45, 7) is 4.41. The highest BCUT2D eigenvalue weighted by atomic mass is 16.1. The number of nitrogens with zero attached hydrogens (tertiary/aromatic N) is 3. The number of rotatable bonds is 1. The van der Waals surface area contributed by atoms with E-state index in [2.05, 4.69) is 9.97 Å². The second kappa shape index (κ2) is 3.91. The maximum absolute atomic E-state index is 12.3. The fourth-order valence-electron chi connectivity index (χ4n) is 2.25. The van der Waals surface area contributed by atoms with E-state index in [1.165, 1.54) is 0 Å². The Morgan fingerprint density at radius 1 is 1.28 bits per heavy atom. The molecule has 0 radical (unpaired) electrons. The summed E-state index contributed by atoms with van der Waals surface area (Å²) in [4.78, 5) is 21.2. The Balaban J connectivity index is 2.60. The largest absolute Gasteiger partial charge is 0.299 e. The Morgan fingerprint density at radius 3 is 2.83 bits per heavy atom. The van der Waals surface area contributed by atoms with Crippen molar-refractivity contribution in [2.75, 3.05) is 0 Å². The normalized spacial score (nSPS) is 11.2. The van der Waals surface area contributed by atoms with Crippen LogP contribution < -0.4 is 5.56 Å². The van der Waals surface area contributed by atoms with Gasteiger partial charge in [0.1, 0.15) is 0 Å². The fraction of sp³-hybridized carbons (Fsp3) is 0.214. The lowest BCUT2D eigenvalue weighted by atomic mass is 10.1. The van der Waals surface area contributed by atoms with Crippen LogP contribution in [0.2, 0.25) is 0 Å². The van der Waals surface area contributed by atoms with Gasteiger partial charge in [-0.05, 0) is 19.9 Å². The fourth-order valence-corrected chi connectivity index (χ4v) is 2.25. The average Bonchev–Trinajstić information content (AvgIpc) is 2.39. The van der Waals surface area contributed by atoms with Crippen molar-refractivity contribution in [3.05, 3.63) is 46.6 Å². The minimum absolute atomic E-state index is 0.0155. The van der Waals surface area contributed by atoms with Crippen LogP contribution in [-0.4, -0.2) is 14.5 Å². The molecule has 3 aromatic rings. The van der Waals surface area contributed by atoms with Gasteiger partial charge < -0.3 is 0 Å². The molecule has 2 heterocycles. The van der Waals surface area contributed by atoms with E-state index in [0.717, 1.165) is 22.1 Å². The van der Waals surface area contributed by atoms with E-state index in [-0.39, 0.29) is 5.56 Å². The van der Waals surface area contributed by atoms with Crippen molar-refractivity contribution in [3.8, 4) is 0 Å². The molecule has 0 atom stereocenters. The van der Waals surface area contributed by atoms with Crippen molar-refractivity contribution in [2.24, 2.45) is 0 Å². The highest BCUT2D eigenvalue weighted by Gasteiger charge is 2.10. The zero-order chi connectivity index (χ0) is 12.7. The summed E-state index contributed by atoms with van der Waals surface area (Å²) < 4.78 is 1.60. The molecule has 0 bridgehead atoms. The van der Waals surface area contributed by atoms with Crippen molar-refractivity contribution in [3.63, 3.8) is 0 Å². The zero-order valence-corrected chi connectivity index (χ0v) is 10.3. The van der Waals surface area contributed by atoms with Gasteiger partial charge in [0.05, 0.1) is 28.4 Å². The summed E-state index contributed by atoms with van der Waals surface area (Å²) in [5.41, 5.74) is 2.35. The predicted octanol–water partition coefficient (Wildman–Crippen LogP) is 2.27. The molecule has 0 saturated heterocycles. The van der Waals surface area contributed by atoms with Gasteiger partial charge in [-0.25, -0.2) is 4.98 Å². The van der Waals surface area contributed by atoms with E-state index in [4.69, 9.17) is 0 Å². The Bertz CT molecular complexity index is 805. The van der Waals surface area contributed by atoms with E-state index in [9.17, 15) is 4.79 Å². The van der Waals surface area contributed by atoms with Crippen molar-refractivity contribution >= 4 is 21.8 Å². The number of aryl methyl sites for hydroxylation is 2. The molecule has 4 heteroatoms. The first-order valence-electron chi connectivity index (χ1n) is 5.97. The van der Waals surface area contributed by atoms with Crippen LogP contribution in [0.25, 0.3) is 21.8 Å². The molecular formula is C14H13N3O. The maximum Gasteiger partial charge on any atom is 0.263 e. The van der Waals surface area contributed by atoms with Gasteiger partial charge in [-0.1, -0.05) is 18.2 Å². The van der Waals surface area contributed by atoms with Gasteiger partial charge in [0.15, 0.2) is 0 Å². The monoisotopic (exact) mass is 239 g/mol. The third-order valence-corrected chi connectivity index (χ3v) is 3.19. The molecule has 0 spiro atoms. The second-order valence-corrected chi connectivity index (χ2v) is 4.27. The number of benzene rings is 1. The van der Waals surface area contributed by atoms with E-state index in [1.807, 2.05) is 38.1 Å². The predicted molar refractivity (Wildman–Crippen MR) is 71.7 cm³/mol. The highest BCUT2D eigenvalue weighted by molar-refractivity contribution is 6.03. The molecule has 3 rings (SSSR count). The van der Waals surface area contributed by atoms with Gasteiger partial charge in [-0.2, -0.15) is 0 Å². The number of fused-ring (bicyclic) bond motifs is 3. The Hall–Kier alpha value is -2.23.